The third-order valence-corrected chi connectivity index (χ3v) is 20.8. The maximum absolute atomic E-state index is 12.7. The number of aromatic amines is 4. The lowest BCUT2D eigenvalue weighted by molar-refractivity contribution is 0.414. The predicted molar refractivity (Wildman–Crippen MR) is 498 cm³/mol. The Bertz CT molecular complexity index is 8270. The molecule has 0 spiro atoms. The lowest BCUT2D eigenvalue weighted by Gasteiger charge is -2.10. The fraction of sp³-hybridized carbons (Fsp3) is 0.0206. The number of hydrogen-bond acceptors (Lipinski definition) is 25. The Labute approximate surface area is 729 Å². The highest BCUT2D eigenvalue weighted by Gasteiger charge is 2.22. The fourth-order valence-electron chi connectivity index (χ4n) is 14.4. The summed E-state index contributed by atoms with van der Waals surface area (Å²) in [6, 6.07) is 102. The van der Waals surface area contributed by atoms with Crippen molar-refractivity contribution in [3.8, 4) is 74.1 Å². The van der Waals surface area contributed by atoms with Crippen molar-refractivity contribution < 1.29 is 9.47 Å². The van der Waals surface area contributed by atoms with Crippen LogP contribution in [-0.4, -0.2) is 129 Å². The largest absolute Gasteiger partial charge is 0.497 e. The minimum absolute atomic E-state index is 0.247. The smallest absolute Gasteiger partial charge is 0.273 e. The lowest BCUT2D eigenvalue weighted by Crippen LogP contribution is -2.20. The number of benzene rings is 11. The number of rotatable bonds is 17. The van der Waals surface area contributed by atoms with Crippen molar-refractivity contribution >= 4 is 134 Å². The highest BCUT2D eigenvalue weighted by molar-refractivity contribution is 6.00. The molecule has 0 saturated heterocycles. The minimum Gasteiger partial charge on any atom is -0.497 e. The zero-order chi connectivity index (χ0) is 87.1. The molecule has 0 saturated carbocycles. The molecule has 23 aromatic rings. The van der Waals surface area contributed by atoms with Crippen molar-refractivity contribution in [1.29, 1.82) is 0 Å². The Morgan fingerprint density at radius 2 is 0.558 bits per heavy atom. The van der Waals surface area contributed by atoms with Gasteiger partial charge < -0.3 is 30.7 Å². The zero-order valence-corrected chi connectivity index (χ0v) is 68.3. The van der Waals surface area contributed by atoms with Crippen LogP contribution in [0.1, 0.15) is 0 Å². The summed E-state index contributed by atoms with van der Waals surface area (Å²) >= 11 is 0. The maximum Gasteiger partial charge on any atom is 0.273 e. The van der Waals surface area contributed by atoms with Gasteiger partial charge in [0.2, 0.25) is 0 Å². The maximum atomic E-state index is 12.7. The number of hydrogen-bond donors (Lipinski definition) is 8. The van der Waals surface area contributed by atoms with Gasteiger partial charge in [-0.15, -0.1) is 0 Å². The monoisotopic (exact) mass is 1690 g/mol. The molecule has 0 radical (unpaired) electrons. The average Bonchev–Trinajstić information content (AvgIpc) is 1.72. The Kier molecular flexibility index (Phi) is 21.4. The van der Waals surface area contributed by atoms with Crippen molar-refractivity contribution in [2.75, 3.05) is 35.5 Å². The van der Waals surface area contributed by atoms with Crippen molar-refractivity contribution in [2.24, 2.45) is 0 Å². The summed E-state index contributed by atoms with van der Waals surface area (Å²) in [5, 5.41) is 59.5. The first-order valence-electron chi connectivity index (χ1n) is 40.5. The van der Waals surface area contributed by atoms with Crippen LogP contribution in [-0.2, 0) is 0 Å². The molecular formula is C97H69N27O5. The molecular weight excluding hydrogens is 1620 g/mol. The molecule has 11 aromatic carbocycles. The molecule has 32 heteroatoms. The van der Waals surface area contributed by atoms with E-state index in [-0.39, 0.29) is 16.7 Å². The van der Waals surface area contributed by atoms with Gasteiger partial charge in [0, 0.05) is 74.3 Å². The molecule has 0 atom stereocenters. The standard InChI is InChI=1S/2C26H19N7O2.C25H17N7O.C20H14N6/c1-35-18-11-7-10-17(14-18)33-22(34)15-21-23(32-33)26(31-30-21)29-25-19-12-5-6-13-20(19)27-24(28-25)16-8-3-2-4-9-16;1-35-18-13-11-17(12-14-18)33-22(34)15-21-23(32-33)26(31-30-21)29-25-19-9-5-6-10-20(19)27-24(28-25)16-7-3-2-4-8-16;33-21-15-20-22(31-32(21)17-11-5-2-6-12-17)25(30-29-20)28-24-18-13-7-8-14-19(18)26-23(27-24)16-9-3-1-4-10-16;1-2-7-13(8-3-1)18-22-15-10-5-4-9-14(15)19(23-18)24-20-17-16(25-26-20)11-6-12-21-17/h2*2-15,30H,1H3,(H,27,28,29,31);1-15,29H,(H,26,27,28,30);1-12H,(H2,22,23,24,25,26). The summed E-state index contributed by atoms with van der Waals surface area (Å²) in [6.07, 6.45) is 1.75. The zero-order valence-electron chi connectivity index (χ0n) is 68.3. The van der Waals surface area contributed by atoms with Gasteiger partial charge in [-0.25, -0.2) is 39.9 Å². The van der Waals surface area contributed by atoms with Gasteiger partial charge in [0.1, 0.15) is 40.3 Å². The average molecular weight is 1690 g/mol. The van der Waals surface area contributed by atoms with Gasteiger partial charge in [-0.3, -0.25) is 39.8 Å². The molecule has 0 aliphatic heterocycles. The van der Waals surface area contributed by atoms with Crippen molar-refractivity contribution in [2.45, 2.75) is 0 Å². The van der Waals surface area contributed by atoms with Crippen molar-refractivity contribution in [3.05, 3.63) is 365 Å². The van der Waals surface area contributed by atoms with Crippen molar-refractivity contribution in [3.63, 3.8) is 0 Å². The summed E-state index contributed by atoms with van der Waals surface area (Å²) in [6.45, 7) is 0. The second-order valence-electron chi connectivity index (χ2n) is 29.0. The van der Waals surface area contributed by atoms with E-state index in [1.54, 1.807) is 62.9 Å². The molecule has 0 amide bonds. The number of H-pyrrole nitrogens is 4. The van der Waals surface area contributed by atoms with Crippen LogP contribution in [0.5, 0.6) is 11.5 Å². The van der Waals surface area contributed by atoms with E-state index in [0.29, 0.717) is 132 Å². The predicted octanol–water partition coefficient (Wildman–Crippen LogP) is 17.7. The normalized spacial score (nSPS) is 11.1. The van der Waals surface area contributed by atoms with Gasteiger partial charge in [0.25, 0.3) is 16.7 Å². The number of ether oxygens (including phenoxy) is 2. The number of pyridine rings is 1. The molecule has 0 unspecified atom stereocenters. The Morgan fingerprint density at radius 1 is 0.256 bits per heavy atom. The Hall–Kier alpha value is -18.8. The van der Waals surface area contributed by atoms with Crippen LogP contribution in [0.3, 0.4) is 0 Å². The molecule has 8 N–H and O–H groups in total. The van der Waals surface area contributed by atoms with E-state index in [4.69, 9.17) is 49.3 Å². The quantitative estimate of drug-likeness (QED) is 0.0420. The van der Waals surface area contributed by atoms with E-state index in [0.717, 1.165) is 76.9 Å². The minimum atomic E-state index is -0.292. The molecule has 32 nitrogen and oxygen atoms in total. The van der Waals surface area contributed by atoms with E-state index >= 15 is 0 Å². The molecule has 622 valence electrons. The number of nitrogens with zero attached hydrogens (tertiary/aromatic N) is 19. The SMILES string of the molecule is COc1ccc(-n2nc3c(Nc4nc(-c5ccccc5)nc5ccccc45)n[nH]c3cc2=O)cc1.COc1cccc(-n2nc3c(Nc4nc(-c5ccccc5)nc5ccccc45)n[nH]c3cc2=O)c1.O=c1cc2[nH]nc(Nc3nc(-c4ccccc4)nc4ccccc34)c2nn1-c1ccccc1.c1ccc(-c2nc(Nc3n[nH]c4cccnc34)c3ccccc3n2)cc1. The number of anilines is 8. The molecule has 129 heavy (non-hydrogen) atoms. The Balaban J connectivity index is 0.000000108. The first kappa shape index (κ1) is 78.8. The van der Waals surface area contributed by atoms with E-state index in [1.807, 2.05) is 267 Å². The van der Waals surface area contributed by atoms with Crippen LogP contribution >= 0.6 is 0 Å². The summed E-state index contributed by atoms with van der Waals surface area (Å²) in [4.78, 5) is 80.4. The second-order valence-corrected chi connectivity index (χ2v) is 29.0. The molecule has 0 aliphatic rings. The first-order valence-corrected chi connectivity index (χ1v) is 40.5. The summed E-state index contributed by atoms with van der Waals surface area (Å²) in [5.74, 6) is 8.26. The van der Waals surface area contributed by atoms with Crippen molar-refractivity contribution in [1.82, 2.24) is 115 Å². The van der Waals surface area contributed by atoms with Gasteiger partial charge in [-0.2, -0.15) is 49.7 Å². The van der Waals surface area contributed by atoms with Crippen LogP contribution in [0.2, 0.25) is 0 Å². The van der Waals surface area contributed by atoms with Crippen LogP contribution in [0, 0.1) is 0 Å². The highest BCUT2D eigenvalue weighted by atomic mass is 16.5. The van der Waals surface area contributed by atoms with E-state index in [9.17, 15) is 14.4 Å². The number of methoxy groups -OCH3 is 2. The molecule has 23 rings (SSSR count). The third kappa shape index (κ3) is 16.5. The van der Waals surface area contributed by atoms with Gasteiger partial charge in [-0.1, -0.05) is 194 Å². The van der Waals surface area contributed by atoms with E-state index in [2.05, 4.69) is 82.3 Å². The Morgan fingerprint density at radius 3 is 0.915 bits per heavy atom. The van der Waals surface area contributed by atoms with Crippen LogP contribution < -0.4 is 47.4 Å². The summed E-state index contributed by atoms with van der Waals surface area (Å²) in [7, 11) is 3.17. The van der Waals surface area contributed by atoms with Gasteiger partial charge in [0.05, 0.1) is 75.4 Å². The molecule has 12 aromatic heterocycles. The van der Waals surface area contributed by atoms with Crippen LogP contribution in [0.4, 0.5) is 46.5 Å². The molecule has 0 fully saturated rings. The third-order valence-electron chi connectivity index (χ3n) is 20.8. The number of aromatic nitrogens is 23. The number of nitrogens with one attached hydrogen (secondary N) is 8. The van der Waals surface area contributed by atoms with Gasteiger partial charge >= 0.3 is 0 Å². The van der Waals surface area contributed by atoms with E-state index < -0.39 is 0 Å². The van der Waals surface area contributed by atoms with Crippen LogP contribution in [0.15, 0.2) is 348 Å². The fourth-order valence-corrected chi connectivity index (χ4v) is 14.4. The topological polar surface area (TPSA) is 402 Å². The molecule has 0 aliphatic carbocycles. The van der Waals surface area contributed by atoms with Crippen LogP contribution in [0.25, 0.3) is 150 Å². The molecule has 12 heterocycles. The lowest BCUT2D eigenvalue weighted by atomic mass is 10.2. The van der Waals surface area contributed by atoms with Gasteiger partial charge in [0.15, 0.2) is 63.1 Å². The highest BCUT2D eigenvalue weighted by Crippen LogP contribution is 2.35. The second kappa shape index (κ2) is 35.0. The molecule has 0 bridgehead atoms. The number of fused-ring (bicyclic) bond motifs is 8. The first-order chi connectivity index (χ1) is 63.5. The van der Waals surface area contributed by atoms with E-state index in [1.165, 1.54) is 32.2 Å². The van der Waals surface area contributed by atoms with Gasteiger partial charge in [-0.05, 0) is 109 Å². The number of para-hydroxylation sites is 5. The summed E-state index contributed by atoms with van der Waals surface area (Å²) in [5.41, 5.74) is 12.8. The summed E-state index contributed by atoms with van der Waals surface area (Å²) < 4.78 is 14.5.